The van der Waals surface area contributed by atoms with Crippen LogP contribution in [0.1, 0.15) is 24.3 Å². The molecule has 0 fully saturated rings. The summed E-state index contributed by atoms with van der Waals surface area (Å²) < 4.78 is 1.74. The third-order valence-corrected chi connectivity index (χ3v) is 2.22. The average molecular weight is 210 g/mol. The largest absolute Gasteiger partial charge is 0.350 e. The van der Waals surface area contributed by atoms with E-state index in [1.54, 1.807) is 17.1 Å². The van der Waals surface area contributed by atoms with E-state index < -0.39 is 0 Å². The number of hydrogen-bond acceptors (Lipinski definition) is 3. The van der Waals surface area contributed by atoms with E-state index in [-0.39, 0.29) is 11.3 Å². The summed E-state index contributed by atoms with van der Waals surface area (Å²) in [6.45, 7) is 5.10. The van der Waals surface area contributed by atoms with Gasteiger partial charge in [-0.1, -0.05) is 13.8 Å². The lowest BCUT2D eigenvalue weighted by atomic mass is 9.94. The lowest BCUT2D eigenvalue weighted by Crippen LogP contribution is -2.38. The molecular weight excluding hydrogens is 192 g/mol. The normalized spacial score (nSPS) is 11.5. The minimum atomic E-state index is -0.155. The lowest BCUT2D eigenvalue weighted by molar-refractivity contribution is 0.0933. The Bertz CT molecular complexity index is 343. The Kier molecular flexibility index (Phi) is 3.47. The molecule has 0 bridgehead atoms. The summed E-state index contributed by atoms with van der Waals surface area (Å²) in [6.07, 6.45) is 3.29. The van der Waals surface area contributed by atoms with Crippen LogP contribution in [0.3, 0.4) is 0 Å². The topological polar surface area (TPSA) is 72.9 Å². The first kappa shape index (κ1) is 11.7. The molecule has 0 aliphatic carbocycles. The maximum Gasteiger partial charge on any atom is 0.271 e. The number of nitrogens with one attached hydrogen (secondary N) is 1. The predicted octanol–water partition coefficient (Wildman–Crippen LogP) is 0.135. The van der Waals surface area contributed by atoms with Gasteiger partial charge in [0.15, 0.2) is 0 Å². The molecule has 0 unspecified atom stereocenters. The zero-order valence-electron chi connectivity index (χ0n) is 9.45. The fraction of sp³-hybridized carbons (Fsp3) is 0.600. The molecule has 0 aliphatic rings. The highest BCUT2D eigenvalue weighted by Gasteiger charge is 2.17. The van der Waals surface area contributed by atoms with Crippen molar-refractivity contribution in [3.8, 4) is 0 Å². The van der Waals surface area contributed by atoms with Crippen molar-refractivity contribution in [3.05, 3.63) is 18.2 Å². The molecule has 0 aromatic carbocycles. The Labute approximate surface area is 89.7 Å². The first-order chi connectivity index (χ1) is 6.94. The Hall–Kier alpha value is -1.36. The Balaban J connectivity index is 2.50. The molecule has 1 aromatic rings. The van der Waals surface area contributed by atoms with Gasteiger partial charge in [0.2, 0.25) is 0 Å². The molecule has 84 valence electrons. The Morgan fingerprint density at radius 3 is 2.80 bits per heavy atom. The van der Waals surface area contributed by atoms with Gasteiger partial charge in [-0.3, -0.25) is 4.79 Å². The number of nitrogens with zero attached hydrogens (tertiary/aromatic N) is 2. The standard InChI is InChI=1S/C10H18N4O/c1-10(2,5-11)6-12-9(15)8-4-14(3)7-13-8/h4,7H,5-6,11H2,1-3H3,(H,12,15). The van der Waals surface area contributed by atoms with Crippen molar-refractivity contribution in [3.63, 3.8) is 0 Å². The van der Waals surface area contributed by atoms with Crippen molar-refractivity contribution in [2.45, 2.75) is 13.8 Å². The molecular formula is C10H18N4O. The molecule has 1 heterocycles. The highest BCUT2D eigenvalue weighted by Crippen LogP contribution is 2.10. The summed E-state index contributed by atoms with van der Waals surface area (Å²) in [7, 11) is 1.83. The van der Waals surface area contributed by atoms with Crippen LogP contribution < -0.4 is 11.1 Å². The number of imidazole rings is 1. The van der Waals surface area contributed by atoms with Gasteiger partial charge in [-0.05, 0) is 12.0 Å². The van der Waals surface area contributed by atoms with Crippen LogP contribution >= 0.6 is 0 Å². The number of rotatable bonds is 4. The van der Waals surface area contributed by atoms with Crippen LogP contribution in [0.25, 0.3) is 0 Å². The monoisotopic (exact) mass is 210 g/mol. The molecule has 5 heteroatoms. The Morgan fingerprint density at radius 2 is 2.33 bits per heavy atom. The van der Waals surface area contributed by atoms with E-state index in [1.165, 1.54) is 0 Å². The number of aromatic nitrogens is 2. The van der Waals surface area contributed by atoms with Crippen LogP contribution in [0.15, 0.2) is 12.5 Å². The fourth-order valence-corrected chi connectivity index (χ4v) is 1.01. The van der Waals surface area contributed by atoms with Gasteiger partial charge in [0.05, 0.1) is 6.33 Å². The van der Waals surface area contributed by atoms with E-state index in [9.17, 15) is 4.79 Å². The minimum absolute atomic E-state index is 0.0789. The number of amides is 1. The predicted molar refractivity (Wildman–Crippen MR) is 58.4 cm³/mol. The maximum absolute atomic E-state index is 11.6. The Morgan fingerprint density at radius 1 is 1.67 bits per heavy atom. The molecule has 1 amide bonds. The minimum Gasteiger partial charge on any atom is -0.350 e. The van der Waals surface area contributed by atoms with Gasteiger partial charge in [0.25, 0.3) is 5.91 Å². The van der Waals surface area contributed by atoms with Crippen LogP contribution in [0.2, 0.25) is 0 Å². The van der Waals surface area contributed by atoms with Gasteiger partial charge in [0, 0.05) is 19.8 Å². The van der Waals surface area contributed by atoms with Gasteiger partial charge in [-0.15, -0.1) is 0 Å². The van der Waals surface area contributed by atoms with E-state index in [0.717, 1.165) is 0 Å². The van der Waals surface area contributed by atoms with E-state index >= 15 is 0 Å². The van der Waals surface area contributed by atoms with Gasteiger partial charge >= 0.3 is 0 Å². The molecule has 0 aliphatic heterocycles. The summed E-state index contributed by atoms with van der Waals surface area (Å²) in [6, 6.07) is 0. The van der Waals surface area contributed by atoms with Crippen molar-refractivity contribution in [2.75, 3.05) is 13.1 Å². The molecule has 0 atom stereocenters. The van der Waals surface area contributed by atoms with Crippen molar-refractivity contribution in [2.24, 2.45) is 18.2 Å². The molecule has 1 aromatic heterocycles. The first-order valence-corrected chi connectivity index (χ1v) is 4.91. The van der Waals surface area contributed by atoms with Crippen LogP contribution in [-0.4, -0.2) is 28.5 Å². The number of aryl methyl sites for hydroxylation is 1. The van der Waals surface area contributed by atoms with Gasteiger partial charge in [-0.25, -0.2) is 4.98 Å². The molecule has 0 radical (unpaired) electrons. The highest BCUT2D eigenvalue weighted by molar-refractivity contribution is 5.92. The van der Waals surface area contributed by atoms with Crippen LogP contribution in [0.5, 0.6) is 0 Å². The van der Waals surface area contributed by atoms with Crippen molar-refractivity contribution in [1.29, 1.82) is 0 Å². The molecule has 15 heavy (non-hydrogen) atoms. The second-order valence-corrected chi connectivity index (χ2v) is 4.48. The van der Waals surface area contributed by atoms with E-state index in [2.05, 4.69) is 10.3 Å². The maximum atomic E-state index is 11.6. The fourth-order valence-electron chi connectivity index (χ4n) is 1.01. The van der Waals surface area contributed by atoms with E-state index in [1.807, 2.05) is 20.9 Å². The van der Waals surface area contributed by atoms with E-state index in [0.29, 0.717) is 18.8 Å². The smallest absolute Gasteiger partial charge is 0.271 e. The molecule has 0 saturated heterocycles. The van der Waals surface area contributed by atoms with Gasteiger partial charge < -0.3 is 15.6 Å². The van der Waals surface area contributed by atoms with Crippen molar-refractivity contribution >= 4 is 5.91 Å². The second-order valence-electron chi connectivity index (χ2n) is 4.48. The number of hydrogen-bond donors (Lipinski definition) is 2. The number of carbonyl (C=O) groups is 1. The summed E-state index contributed by atoms with van der Waals surface area (Å²) in [5, 5.41) is 2.81. The summed E-state index contributed by atoms with van der Waals surface area (Å²) in [4.78, 5) is 15.6. The van der Waals surface area contributed by atoms with Gasteiger partial charge in [-0.2, -0.15) is 0 Å². The third-order valence-electron chi connectivity index (χ3n) is 2.22. The SMILES string of the molecule is Cn1cnc(C(=O)NCC(C)(C)CN)c1. The van der Waals surface area contributed by atoms with Crippen LogP contribution in [0, 0.1) is 5.41 Å². The zero-order valence-corrected chi connectivity index (χ0v) is 9.45. The molecule has 5 nitrogen and oxygen atoms in total. The lowest BCUT2D eigenvalue weighted by Gasteiger charge is -2.22. The average Bonchev–Trinajstić information content (AvgIpc) is 2.61. The third kappa shape index (κ3) is 3.36. The molecule has 0 saturated carbocycles. The molecule has 3 N–H and O–H groups in total. The van der Waals surface area contributed by atoms with Crippen LogP contribution in [-0.2, 0) is 7.05 Å². The summed E-state index contributed by atoms with van der Waals surface area (Å²) >= 11 is 0. The summed E-state index contributed by atoms with van der Waals surface area (Å²) in [5.41, 5.74) is 5.92. The quantitative estimate of drug-likeness (QED) is 0.742. The summed E-state index contributed by atoms with van der Waals surface area (Å²) in [5.74, 6) is -0.155. The van der Waals surface area contributed by atoms with Gasteiger partial charge in [0.1, 0.15) is 5.69 Å². The first-order valence-electron chi connectivity index (χ1n) is 4.91. The second kappa shape index (κ2) is 4.44. The molecule has 1 rings (SSSR count). The van der Waals surface area contributed by atoms with E-state index in [4.69, 9.17) is 5.73 Å². The van der Waals surface area contributed by atoms with Crippen LogP contribution in [0.4, 0.5) is 0 Å². The zero-order chi connectivity index (χ0) is 11.5. The van der Waals surface area contributed by atoms with Crippen molar-refractivity contribution < 1.29 is 4.79 Å². The molecule has 0 spiro atoms. The number of carbonyl (C=O) groups excluding carboxylic acids is 1. The highest BCUT2D eigenvalue weighted by atomic mass is 16.1. The van der Waals surface area contributed by atoms with Crippen molar-refractivity contribution in [1.82, 2.24) is 14.9 Å². The number of nitrogens with two attached hydrogens (primary N) is 1.